The van der Waals surface area contributed by atoms with Gasteiger partial charge >= 0.3 is 5.69 Å². The van der Waals surface area contributed by atoms with E-state index in [4.69, 9.17) is 9.47 Å². The molecule has 2 saturated heterocycles. The lowest BCUT2D eigenvalue weighted by atomic mass is 10.0. The number of aromatic nitrogens is 4. The Balaban J connectivity index is 1.28. The lowest BCUT2D eigenvalue weighted by molar-refractivity contribution is -0.0816. The van der Waals surface area contributed by atoms with Crippen molar-refractivity contribution in [1.82, 2.24) is 24.6 Å². The van der Waals surface area contributed by atoms with Crippen LogP contribution in [0.1, 0.15) is 22.6 Å². The molecule has 28 heavy (non-hydrogen) atoms. The van der Waals surface area contributed by atoms with E-state index in [-0.39, 0.29) is 18.2 Å². The van der Waals surface area contributed by atoms with E-state index in [0.29, 0.717) is 50.7 Å². The number of ether oxygens (including phenoxy) is 2. The average molecular weight is 386 g/mol. The molecule has 1 unspecified atom stereocenters. The second kappa shape index (κ2) is 6.71. The van der Waals surface area contributed by atoms with Crippen LogP contribution in [0.3, 0.4) is 0 Å². The van der Waals surface area contributed by atoms with E-state index in [2.05, 4.69) is 20.1 Å². The summed E-state index contributed by atoms with van der Waals surface area (Å²) in [5.41, 5.74) is -0.200. The quantitative estimate of drug-likeness (QED) is 0.750. The van der Waals surface area contributed by atoms with Gasteiger partial charge in [-0.1, -0.05) is 0 Å². The van der Waals surface area contributed by atoms with E-state index >= 15 is 0 Å². The van der Waals surface area contributed by atoms with Crippen molar-refractivity contribution in [2.24, 2.45) is 0 Å². The largest absolute Gasteiger partial charge is 0.378 e. The highest BCUT2D eigenvalue weighted by Gasteiger charge is 2.44. The number of carbonyl (C=O) groups is 1. The number of hydrogen-bond acceptors (Lipinski definition) is 7. The Labute approximate surface area is 161 Å². The summed E-state index contributed by atoms with van der Waals surface area (Å²) in [7, 11) is 0. The third-order valence-electron chi connectivity index (χ3n) is 5.72. The predicted octanol–water partition coefficient (Wildman–Crippen LogP) is -0.382. The molecular formula is C18H22N6O4. The van der Waals surface area contributed by atoms with Crippen molar-refractivity contribution in [3.63, 3.8) is 0 Å². The summed E-state index contributed by atoms with van der Waals surface area (Å²) in [5.74, 6) is 1.40. The lowest BCUT2D eigenvalue weighted by Crippen LogP contribution is -2.47. The summed E-state index contributed by atoms with van der Waals surface area (Å²) in [4.78, 5) is 33.2. The minimum atomic E-state index is -0.530. The molecule has 0 radical (unpaired) electrons. The first-order valence-corrected chi connectivity index (χ1v) is 9.50. The Morgan fingerprint density at radius 3 is 2.82 bits per heavy atom. The van der Waals surface area contributed by atoms with Gasteiger partial charge in [-0.05, 0) is 18.6 Å². The van der Waals surface area contributed by atoms with Crippen molar-refractivity contribution >= 4 is 11.7 Å². The van der Waals surface area contributed by atoms with Gasteiger partial charge in [-0.2, -0.15) is 5.10 Å². The molecule has 0 aromatic carbocycles. The molecule has 10 heteroatoms. The number of hydrogen-bond donors (Lipinski definition) is 1. The third-order valence-corrected chi connectivity index (χ3v) is 5.72. The number of nitrogens with zero attached hydrogens (tertiary/aromatic N) is 5. The van der Waals surface area contributed by atoms with Crippen molar-refractivity contribution < 1.29 is 14.3 Å². The van der Waals surface area contributed by atoms with Gasteiger partial charge in [0.15, 0.2) is 5.82 Å². The van der Waals surface area contributed by atoms with Gasteiger partial charge in [-0.3, -0.25) is 9.36 Å². The maximum atomic E-state index is 12.9. The average Bonchev–Trinajstić information content (AvgIpc) is 3.32. The summed E-state index contributed by atoms with van der Waals surface area (Å²) >= 11 is 0. The maximum absolute atomic E-state index is 12.9. The Bertz CT molecular complexity index is 932. The van der Waals surface area contributed by atoms with Crippen molar-refractivity contribution in [2.45, 2.75) is 25.2 Å². The number of pyridine rings is 1. The molecule has 2 aromatic heterocycles. The molecule has 5 heterocycles. The fourth-order valence-electron chi connectivity index (χ4n) is 4.11. The van der Waals surface area contributed by atoms with Crippen LogP contribution in [0.25, 0.3) is 0 Å². The Hall–Kier alpha value is -2.72. The monoisotopic (exact) mass is 386 g/mol. The number of likely N-dealkylation sites (tertiary alicyclic amines) is 1. The van der Waals surface area contributed by atoms with Crippen molar-refractivity contribution in [3.05, 3.63) is 40.2 Å². The number of morpholine rings is 1. The van der Waals surface area contributed by atoms with Gasteiger partial charge in [0.05, 0.1) is 31.9 Å². The summed E-state index contributed by atoms with van der Waals surface area (Å²) < 4.78 is 13.0. The zero-order chi connectivity index (χ0) is 19.1. The Morgan fingerprint density at radius 1 is 1.18 bits per heavy atom. The minimum absolute atomic E-state index is 0.0631. The summed E-state index contributed by atoms with van der Waals surface area (Å²) in [6.07, 6.45) is 2.33. The number of amides is 1. The zero-order valence-corrected chi connectivity index (χ0v) is 15.5. The van der Waals surface area contributed by atoms with E-state index in [9.17, 15) is 9.59 Å². The van der Waals surface area contributed by atoms with Gasteiger partial charge in [0, 0.05) is 25.8 Å². The van der Waals surface area contributed by atoms with Gasteiger partial charge in [-0.15, -0.1) is 0 Å². The highest BCUT2D eigenvalue weighted by Crippen LogP contribution is 2.32. The minimum Gasteiger partial charge on any atom is -0.378 e. The first-order chi connectivity index (χ1) is 13.6. The molecule has 5 rings (SSSR count). The standard InChI is InChI=1S/C18H22N6O4/c25-16(13-1-2-14(19-9-13)22-5-7-27-8-6-22)23-4-3-18(11-23)12-24-15(10-28-18)20-21-17(24)26/h1-2,9H,3-8,10-12H2,(H,21,26). The zero-order valence-electron chi connectivity index (χ0n) is 15.5. The molecule has 148 valence electrons. The van der Waals surface area contributed by atoms with Crippen LogP contribution < -0.4 is 10.6 Å². The SMILES string of the molecule is O=C(c1ccc(N2CCOCC2)nc1)N1CCC2(C1)Cn1c(n[nH]c1=O)CO2. The second-order valence-electron chi connectivity index (χ2n) is 7.48. The van der Waals surface area contributed by atoms with E-state index in [1.807, 2.05) is 12.1 Å². The molecule has 1 amide bonds. The molecule has 0 bridgehead atoms. The van der Waals surface area contributed by atoms with Crippen molar-refractivity contribution in [3.8, 4) is 0 Å². The molecule has 1 N–H and O–H groups in total. The van der Waals surface area contributed by atoms with Gasteiger partial charge in [0.25, 0.3) is 5.91 Å². The van der Waals surface area contributed by atoms with E-state index < -0.39 is 5.60 Å². The number of aromatic amines is 1. The molecular weight excluding hydrogens is 364 g/mol. The molecule has 2 aromatic rings. The summed E-state index contributed by atoms with van der Waals surface area (Å²) in [6.45, 7) is 4.73. The van der Waals surface area contributed by atoms with Gasteiger partial charge < -0.3 is 19.3 Å². The van der Waals surface area contributed by atoms with Crippen LogP contribution in [0.4, 0.5) is 5.82 Å². The highest BCUT2D eigenvalue weighted by molar-refractivity contribution is 5.94. The van der Waals surface area contributed by atoms with E-state index in [1.165, 1.54) is 0 Å². The van der Waals surface area contributed by atoms with Gasteiger partial charge in [0.1, 0.15) is 18.0 Å². The fraction of sp³-hybridized carbons (Fsp3) is 0.556. The molecule has 3 aliphatic heterocycles. The Kier molecular flexibility index (Phi) is 4.17. The number of fused-ring (bicyclic) bond motifs is 1. The molecule has 1 atom stereocenters. The van der Waals surface area contributed by atoms with Gasteiger partial charge in [-0.25, -0.2) is 14.9 Å². The van der Waals surface area contributed by atoms with Crippen LogP contribution in [0, 0.1) is 0 Å². The molecule has 2 fully saturated rings. The molecule has 1 spiro atoms. The summed E-state index contributed by atoms with van der Waals surface area (Å²) in [5, 5.41) is 6.41. The number of H-pyrrole nitrogens is 1. The van der Waals surface area contributed by atoms with Crippen LogP contribution in [-0.4, -0.2) is 75.5 Å². The van der Waals surface area contributed by atoms with Crippen LogP contribution in [0.2, 0.25) is 0 Å². The highest BCUT2D eigenvalue weighted by atomic mass is 16.5. The normalized spacial score (nSPS) is 24.6. The second-order valence-corrected chi connectivity index (χ2v) is 7.48. The maximum Gasteiger partial charge on any atom is 0.343 e. The van der Waals surface area contributed by atoms with Crippen molar-refractivity contribution in [1.29, 1.82) is 0 Å². The van der Waals surface area contributed by atoms with Crippen LogP contribution in [-0.2, 0) is 22.6 Å². The molecule has 0 saturated carbocycles. The topological polar surface area (TPSA) is 106 Å². The first kappa shape index (κ1) is 17.4. The smallest absolute Gasteiger partial charge is 0.343 e. The predicted molar refractivity (Wildman–Crippen MR) is 98.2 cm³/mol. The Morgan fingerprint density at radius 2 is 2.04 bits per heavy atom. The first-order valence-electron chi connectivity index (χ1n) is 9.50. The molecule has 10 nitrogen and oxygen atoms in total. The third kappa shape index (κ3) is 2.98. The molecule has 3 aliphatic rings. The van der Waals surface area contributed by atoms with Crippen molar-refractivity contribution in [2.75, 3.05) is 44.3 Å². The fourth-order valence-corrected chi connectivity index (χ4v) is 4.11. The lowest BCUT2D eigenvalue weighted by Gasteiger charge is -2.33. The van der Waals surface area contributed by atoms with E-state index in [1.54, 1.807) is 15.7 Å². The van der Waals surface area contributed by atoms with Crippen LogP contribution >= 0.6 is 0 Å². The summed E-state index contributed by atoms with van der Waals surface area (Å²) in [6, 6.07) is 3.71. The molecule has 0 aliphatic carbocycles. The number of carbonyl (C=O) groups excluding carboxylic acids is 1. The van der Waals surface area contributed by atoms with Gasteiger partial charge in [0.2, 0.25) is 0 Å². The number of rotatable bonds is 2. The number of nitrogens with one attached hydrogen (secondary N) is 1. The van der Waals surface area contributed by atoms with Crippen LogP contribution in [0.5, 0.6) is 0 Å². The number of anilines is 1. The van der Waals surface area contributed by atoms with E-state index in [0.717, 1.165) is 18.9 Å². The van der Waals surface area contributed by atoms with Crippen LogP contribution in [0.15, 0.2) is 23.1 Å².